The summed E-state index contributed by atoms with van der Waals surface area (Å²) in [5.74, 6) is -0.320. The van der Waals surface area contributed by atoms with Crippen LogP contribution in [0.5, 0.6) is 0 Å². The van der Waals surface area contributed by atoms with E-state index < -0.39 is 0 Å². The fourth-order valence-electron chi connectivity index (χ4n) is 3.62. The van der Waals surface area contributed by atoms with Crippen LogP contribution in [0.2, 0.25) is 0 Å². The molecule has 24 heavy (non-hydrogen) atoms. The first-order valence-corrected chi connectivity index (χ1v) is 8.38. The van der Waals surface area contributed by atoms with E-state index in [1.165, 1.54) is 12.1 Å². The van der Waals surface area contributed by atoms with Crippen molar-refractivity contribution in [1.82, 2.24) is 15.1 Å². The van der Waals surface area contributed by atoms with Gasteiger partial charge >= 0.3 is 0 Å². The second-order valence-corrected chi connectivity index (χ2v) is 6.58. The van der Waals surface area contributed by atoms with Gasteiger partial charge in [-0.15, -0.1) is 0 Å². The molecule has 1 saturated heterocycles. The summed E-state index contributed by atoms with van der Waals surface area (Å²) in [6.07, 6.45) is 2.62. The third-order valence-corrected chi connectivity index (χ3v) is 4.80. The number of aromatic nitrogens is 2. The second kappa shape index (κ2) is 6.02. The van der Waals surface area contributed by atoms with E-state index in [0.29, 0.717) is 18.8 Å². The number of hydrogen-bond acceptors (Lipinski definition) is 3. The minimum atomic E-state index is -0.275. The number of nitrogens with zero attached hydrogens (tertiary/aromatic N) is 2. The molecule has 0 unspecified atom stereocenters. The van der Waals surface area contributed by atoms with Crippen LogP contribution in [0.3, 0.4) is 0 Å². The lowest BCUT2D eigenvalue weighted by molar-refractivity contribution is -0.0693. The molecule has 2 atom stereocenters. The molecule has 2 heterocycles. The van der Waals surface area contributed by atoms with Crippen LogP contribution in [0.15, 0.2) is 24.3 Å². The Labute approximate surface area is 139 Å². The van der Waals surface area contributed by atoms with Crippen LogP contribution in [0.1, 0.15) is 46.8 Å². The van der Waals surface area contributed by atoms with E-state index in [4.69, 9.17) is 4.74 Å². The fraction of sp³-hybridized carbons (Fsp3) is 0.444. The summed E-state index contributed by atoms with van der Waals surface area (Å²) >= 11 is 0. The topological polar surface area (TPSA) is 58.2 Å². The summed E-state index contributed by atoms with van der Waals surface area (Å²) in [6.45, 7) is 2.94. The van der Waals surface area contributed by atoms with Crippen LogP contribution in [0.25, 0.3) is 0 Å². The van der Waals surface area contributed by atoms with Crippen LogP contribution in [0, 0.1) is 5.82 Å². The third-order valence-electron chi connectivity index (χ3n) is 4.80. The molecule has 1 aliphatic heterocycles. The first-order chi connectivity index (χ1) is 11.6. The molecule has 1 aromatic carbocycles. The van der Waals surface area contributed by atoms with Crippen LogP contribution in [-0.4, -0.2) is 40.2 Å². The van der Waals surface area contributed by atoms with Gasteiger partial charge in [0, 0.05) is 17.8 Å². The number of morpholine rings is 1. The fourth-order valence-corrected chi connectivity index (χ4v) is 3.62. The number of halogens is 1. The van der Waals surface area contributed by atoms with E-state index in [-0.39, 0.29) is 23.9 Å². The molecule has 1 fully saturated rings. The van der Waals surface area contributed by atoms with Gasteiger partial charge in [-0.3, -0.25) is 9.89 Å². The summed E-state index contributed by atoms with van der Waals surface area (Å²) in [6, 6.07) is 6.27. The van der Waals surface area contributed by atoms with Crippen molar-refractivity contribution in [2.24, 2.45) is 0 Å². The maximum absolute atomic E-state index is 13.1. The molecule has 4 rings (SSSR count). The minimum absolute atomic E-state index is 0.0448. The quantitative estimate of drug-likeness (QED) is 0.921. The first-order valence-electron chi connectivity index (χ1n) is 8.38. The molecule has 1 aliphatic carbocycles. The number of aryl methyl sites for hydroxylation is 1. The Morgan fingerprint density at radius 3 is 2.88 bits per heavy atom. The van der Waals surface area contributed by atoms with Crippen LogP contribution < -0.4 is 0 Å². The zero-order valence-electron chi connectivity index (χ0n) is 13.6. The molecule has 1 N–H and O–H groups in total. The number of H-pyrrole nitrogens is 1. The normalized spacial score (nSPS) is 23.3. The molecule has 0 spiro atoms. The second-order valence-electron chi connectivity index (χ2n) is 6.58. The van der Waals surface area contributed by atoms with Crippen LogP contribution in [-0.2, 0) is 17.6 Å². The van der Waals surface area contributed by atoms with E-state index in [9.17, 15) is 9.18 Å². The van der Waals surface area contributed by atoms with Crippen molar-refractivity contribution in [3.63, 3.8) is 0 Å². The van der Waals surface area contributed by atoms with Crippen molar-refractivity contribution < 1.29 is 13.9 Å². The molecular formula is C18H20FN3O2. The van der Waals surface area contributed by atoms with E-state index in [1.807, 2.05) is 6.92 Å². The molecule has 0 bridgehead atoms. The maximum atomic E-state index is 13.1. The molecule has 2 aromatic rings. The van der Waals surface area contributed by atoms with E-state index >= 15 is 0 Å². The lowest BCUT2D eigenvalue weighted by Crippen LogP contribution is -2.46. The minimum Gasteiger partial charge on any atom is -0.367 e. The average molecular weight is 329 g/mol. The van der Waals surface area contributed by atoms with Gasteiger partial charge in [0.2, 0.25) is 0 Å². The SMILES string of the molecule is C[C@@H]1CN(C(=O)c2n[nH]c3c2CCC3)C[C@H](c2ccc(F)cc2)O1. The summed E-state index contributed by atoms with van der Waals surface area (Å²) < 4.78 is 19.1. The number of benzene rings is 1. The highest BCUT2D eigenvalue weighted by atomic mass is 19.1. The van der Waals surface area contributed by atoms with Crippen molar-refractivity contribution >= 4 is 5.91 Å². The zero-order chi connectivity index (χ0) is 16.7. The van der Waals surface area contributed by atoms with Gasteiger partial charge in [-0.25, -0.2) is 4.39 Å². The van der Waals surface area contributed by atoms with E-state index in [0.717, 1.165) is 36.1 Å². The number of carbonyl (C=O) groups is 1. The van der Waals surface area contributed by atoms with Crippen LogP contribution in [0.4, 0.5) is 4.39 Å². The lowest BCUT2D eigenvalue weighted by atomic mass is 10.1. The molecule has 2 aliphatic rings. The van der Waals surface area contributed by atoms with Crippen molar-refractivity contribution in [3.05, 3.63) is 52.6 Å². The standard InChI is InChI=1S/C18H20FN3O2/c1-11-9-22(10-16(24-11)12-5-7-13(19)8-6-12)18(23)17-14-3-2-4-15(14)20-21-17/h5-8,11,16H,2-4,9-10H2,1H3,(H,20,21)/t11-,16-/m1/s1. The Hall–Kier alpha value is -2.21. The zero-order valence-corrected chi connectivity index (χ0v) is 13.6. The predicted molar refractivity (Wildman–Crippen MR) is 86.2 cm³/mol. The third kappa shape index (κ3) is 2.71. The van der Waals surface area contributed by atoms with Crippen molar-refractivity contribution in [2.75, 3.05) is 13.1 Å². The number of rotatable bonds is 2. The Morgan fingerprint density at radius 2 is 2.08 bits per heavy atom. The number of nitrogens with one attached hydrogen (secondary N) is 1. The van der Waals surface area contributed by atoms with Gasteiger partial charge in [0.05, 0.1) is 12.6 Å². The molecule has 6 heteroatoms. The summed E-state index contributed by atoms with van der Waals surface area (Å²) in [5.41, 5.74) is 3.59. The van der Waals surface area contributed by atoms with E-state index in [1.54, 1.807) is 17.0 Å². The van der Waals surface area contributed by atoms with Crippen LogP contribution >= 0.6 is 0 Å². The van der Waals surface area contributed by atoms with Gasteiger partial charge in [-0.2, -0.15) is 5.10 Å². The highest BCUT2D eigenvalue weighted by Gasteiger charge is 2.33. The Balaban J connectivity index is 1.56. The Bertz CT molecular complexity index is 756. The molecule has 1 amide bonds. The van der Waals surface area contributed by atoms with E-state index in [2.05, 4.69) is 10.2 Å². The number of carbonyl (C=O) groups excluding carboxylic acids is 1. The number of ether oxygens (including phenoxy) is 1. The van der Waals surface area contributed by atoms with Crippen molar-refractivity contribution in [1.29, 1.82) is 0 Å². The molecule has 0 radical (unpaired) electrons. The highest BCUT2D eigenvalue weighted by Crippen LogP contribution is 2.28. The summed E-state index contributed by atoms with van der Waals surface area (Å²) in [4.78, 5) is 14.7. The molecule has 126 valence electrons. The number of hydrogen-bond donors (Lipinski definition) is 1. The lowest BCUT2D eigenvalue weighted by Gasteiger charge is -2.36. The van der Waals surface area contributed by atoms with Gasteiger partial charge in [0.1, 0.15) is 11.9 Å². The molecule has 5 nitrogen and oxygen atoms in total. The molecular weight excluding hydrogens is 309 g/mol. The van der Waals surface area contributed by atoms with Gasteiger partial charge < -0.3 is 9.64 Å². The first kappa shape index (κ1) is 15.3. The predicted octanol–water partition coefficient (Wildman–Crippen LogP) is 2.64. The monoisotopic (exact) mass is 329 g/mol. The highest BCUT2D eigenvalue weighted by molar-refractivity contribution is 5.94. The number of amides is 1. The van der Waals surface area contributed by atoms with Crippen molar-refractivity contribution in [2.45, 2.75) is 38.4 Å². The Morgan fingerprint density at radius 1 is 1.29 bits per heavy atom. The number of aromatic amines is 1. The molecule has 1 aromatic heterocycles. The van der Waals surface area contributed by atoms with Gasteiger partial charge in [-0.05, 0) is 43.9 Å². The maximum Gasteiger partial charge on any atom is 0.274 e. The summed E-state index contributed by atoms with van der Waals surface area (Å²) in [5, 5.41) is 7.24. The smallest absolute Gasteiger partial charge is 0.274 e. The summed E-state index contributed by atoms with van der Waals surface area (Å²) in [7, 11) is 0. The Kier molecular flexibility index (Phi) is 3.84. The largest absolute Gasteiger partial charge is 0.367 e. The van der Waals surface area contributed by atoms with Crippen molar-refractivity contribution in [3.8, 4) is 0 Å². The molecule has 0 saturated carbocycles. The number of fused-ring (bicyclic) bond motifs is 1. The average Bonchev–Trinajstić information content (AvgIpc) is 3.17. The van der Waals surface area contributed by atoms with Gasteiger partial charge in [0.15, 0.2) is 5.69 Å². The van der Waals surface area contributed by atoms with Gasteiger partial charge in [-0.1, -0.05) is 12.1 Å². The van der Waals surface area contributed by atoms with Gasteiger partial charge in [0.25, 0.3) is 5.91 Å².